The van der Waals surface area contributed by atoms with Crippen LogP contribution in [0.4, 0.5) is 0 Å². The smallest absolute Gasteiger partial charge is 0.246 e. The first-order valence-electron chi connectivity index (χ1n) is 6.01. The van der Waals surface area contributed by atoms with Gasteiger partial charge in [-0.3, -0.25) is 4.79 Å². The van der Waals surface area contributed by atoms with Gasteiger partial charge in [0.2, 0.25) is 5.91 Å². The van der Waals surface area contributed by atoms with Gasteiger partial charge in [-0.1, -0.05) is 13.8 Å². The van der Waals surface area contributed by atoms with Crippen LogP contribution in [0.1, 0.15) is 27.2 Å². The van der Waals surface area contributed by atoms with Gasteiger partial charge in [-0.25, -0.2) is 0 Å². The van der Waals surface area contributed by atoms with Crippen LogP contribution in [-0.4, -0.2) is 44.9 Å². The Kier molecular flexibility index (Phi) is 8.12. The Labute approximate surface area is 104 Å². The molecule has 0 aliphatic carbocycles. The van der Waals surface area contributed by atoms with Crippen molar-refractivity contribution < 1.29 is 14.3 Å². The molecule has 1 unspecified atom stereocenters. The van der Waals surface area contributed by atoms with Crippen molar-refractivity contribution in [3.63, 3.8) is 0 Å². The molecule has 0 aromatic rings. The van der Waals surface area contributed by atoms with Crippen LogP contribution in [0, 0.1) is 5.92 Å². The maximum Gasteiger partial charge on any atom is 0.246 e. The molecule has 5 nitrogen and oxygen atoms in total. The van der Waals surface area contributed by atoms with E-state index in [1.54, 1.807) is 7.11 Å². The third-order valence-corrected chi connectivity index (χ3v) is 2.42. The number of nitrogens with two attached hydrogens (primary N) is 1. The number of amides is 1. The van der Waals surface area contributed by atoms with Crippen LogP contribution in [0.3, 0.4) is 0 Å². The summed E-state index contributed by atoms with van der Waals surface area (Å²) in [6.45, 7) is 7.57. The SMILES string of the molecule is COCCOCC(=O)NC(C)(CN)CC(C)C. The summed E-state index contributed by atoms with van der Waals surface area (Å²) in [6, 6.07) is 0. The lowest BCUT2D eigenvalue weighted by molar-refractivity contribution is -0.128. The fourth-order valence-corrected chi connectivity index (χ4v) is 1.77. The normalized spacial score (nSPS) is 14.7. The van der Waals surface area contributed by atoms with Gasteiger partial charge in [-0.2, -0.15) is 0 Å². The summed E-state index contributed by atoms with van der Waals surface area (Å²) >= 11 is 0. The Bertz CT molecular complexity index is 222. The molecule has 17 heavy (non-hydrogen) atoms. The van der Waals surface area contributed by atoms with Gasteiger partial charge < -0.3 is 20.5 Å². The zero-order valence-electron chi connectivity index (χ0n) is 11.4. The number of hydrogen-bond acceptors (Lipinski definition) is 4. The Morgan fingerprint density at radius 3 is 2.53 bits per heavy atom. The molecule has 0 bridgehead atoms. The van der Waals surface area contributed by atoms with Gasteiger partial charge in [0, 0.05) is 19.2 Å². The molecule has 0 aliphatic heterocycles. The van der Waals surface area contributed by atoms with Crippen LogP contribution >= 0.6 is 0 Å². The topological polar surface area (TPSA) is 73.6 Å². The Morgan fingerprint density at radius 1 is 1.41 bits per heavy atom. The number of nitrogens with one attached hydrogen (secondary N) is 1. The molecule has 0 heterocycles. The summed E-state index contributed by atoms with van der Waals surface area (Å²) in [4.78, 5) is 11.6. The van der Waals surface area contributed by atoms with Crippen LogP contribution in [0.2, 0.25) is 0 Å². The van der Waals surface area contributed by atoms with Gasteiger partial charge in [0.05, 0.1) is 13.2 Å². The lowest BCUT2D eigenvalue weighted by Gasteiger charge is -2.31. The molecule has 0 aromatic carbocycles. The second-order valence-electron chi connectivity index (χ2n) is 4.96. The Hall–Kier alpha value is -0.650. The molecular weight excluding hydrogens is 220 g/mol. The second-order valence-corrected chi connectivity index (χ2v) is 4.96. The highest BCUT2D eigenvalue weighted by atomic mass is 16.5. The monoisotopic (exact) mass is 246 g/mol. The standard InChI is InChI=1S/C12H26N2O3/c1-10(2)7-12(3,9-13)14-11(15)8-17-6-5-16-4/h10H,5-9,13H2,1-4H3,(H,14,15). The molecule has 5 heteroatoms. The molecule has 0 radical (unpaired) electrons. The predicted molar refractivity (Wildman–Crippen MR) is 67.8 cm³/mol. The van der Waals surface area contributed by atoms with Gasteiger partial charge >= 0.3 is 0 Å². The molecule has 0 rings (SSSR count). The van der Waals surface area contributed by atoms with E-state index in [1.165, 1.54) is 0 Å². The fraction of sp³-hybridized carbons (Fsp3) is 0.917. The third kappa shape index (κ3) is 8.12. The minimum absolute atomic E-state index is 0.0526. The first-order chi connectivity index (χ1) is 7.93. The van der Waals surface area contributed by atoms with Crippen molar-refractivity contribution in [2.24, 2.45) is 11.7 Å². The predicted octanol–water partition coefficient (Wildman–Crippen LogP) is 0.529. The van der Waals surface area contributed by atoms with Crippen molar-refractivity contribution >= 4 is 5.91 Å². The lowest BCUT2D eigenvalue weighted by Crippen LogP contribution is -2.53. The van der Waals surface area contributed by atoms with E-state index in [9.17, 15) is 4.79 Å². The molecule has 3 N–H and O–H groups in total. The van der Waals surface area contributed by atoms with E-state index in [0.29, 0.717) is 25.7 Å². The van der Waals surface area contributed by atoms with Crippen molar-refractivity contribution in [2.75, 3.05) is 33.5 Å². The van der Waals surface area contributed by atoms with Crippen molar-refractivity contribution in [3.05, 3.63) is 0 Å². The number of carbonyl (C=O) groups is 1. The number of carbonyl (C=O) groups excluding carboxylic acids is 1. The summed E-state index contributed by atoms with van der Waals surface area (Å²) in [6.07, 6.45) is 0.854. The molecule has 0 saturated heterocycles. The van der Waals surface area contributed by atoms with Crippen LogP contribution in [0.25, 0.3) is 0 Å². The van der Waals surface area contributed by atoms with Gasteiger partial charge in [0.1, 0.15) is 6.61 Å². The summed E-state index contributed by atoms with van der Waals surface area (Å²) < 4.78 is 9.97. The Balaban J connectivity index is 3.97. The maximum atomic E-state index is 11.6. The molecule has 1 amide bonds. The number of methoxy groups -OCH3 is 1. The molecule has 0 aromatic heterocycles. The molecule has 0 aliphatic rings. The molecular formula is C12H26N2O3. The zero-order chi connectivity index (χ0) is 13.3. The summed E-state index contributed by atoms with van der Waals surface area (Å²) in [5, 5.41) is 2.92. The van der Waals surface area contributed by atoms with Crippen molar-refractivity contribution in [3.8, 4) is 0 Å². The van der Waals surface area contributed by atoms with E-state index in [1.807, 2.05) is 6.92 Å². The first kappa shape index (κ1) is 16.4. The Morgan fingerprint density at radius 2 is 2.06 bits per heavy atom. The van der Waals surface area contributed by atoms with E-state index in [-0.39, 0.29) is 18.1 Å². The lowest BCUT2D eigenvalue weighted by atomic mass is 9.91. The van der Waals surface area contributed by atoms with E-state index >= 15 is 0 Å². The van der Waals surface area contributed by atoms with Crippen molar-refractivity contribution in [2.45, 2.75) is 32.7 Å². The van der Waals surface area contributed by atoms with Crippen LogP contribution in [0.15, 0.2) is 0 Å². The van der Waals surface area contributed by atoms with Crippen molar-refractivity contribution in [1.29, 1.82) is 0 Å². The van der Waals surface area contributed by atoms with Crippen LogP contribution in [0.5, 0.6) is 0 Å². The summed E-state index contributed by atoms with van der Waals surface area (Å²) in [5.41, 5.74) is 5.35. The molecule has 0 fully saturated rings. The molecule has 0 saturated carbocycles. The third-order valence-electron chi connectivity index (χ3n) is 2.42. The average Bonchev–Trinajstić information content (AvgIpc) is 2.23. The number of ether oxygens (including phenoxy) is 2. The fourth-order valence-electron chi connectivity index (χ4n) is 1.77. The minimum Gasteiger partial charge on any atom is -0.382 e. The average molecular weight is 246 g/mol. The van der Waals surface area contributed by atoms with E-state index in [2.05, 4.69) is 19.2 Å². The van der Waals surface area contributed by atoms with E-state index in [4.69, 9.17) is 15.2 Å². The zero-order valence-corrected chi connectivity index (χ0v) is 11.4. The molecule has 0 spiro atoms. The number of hydrogen-bond donors (Lipinski definition) is 2. The highest BCUT2D eigenvalue weighted by Crippen LogP contribution is 2.14. The summed E-state index contributed by atoms with van der Waals surface area (Å²) in [5.74, 6) is 0.355. The first-order valence-corrected chi connectivity index (χ1v) is 6.01. The van der Waals surface area contributed by atoms with Crippen LogP contribution in [-0.2, 0) is 14.3 Å². The van der Waals surface area contributed by atoms with Crippen LogP contribution < -0.4 is 11.1 Å². The van der Waals surface area contributed by atoms with Gasteiger partial charge in [0.15, 0.2) is 0 Å². The highest BCUT2D eigenvalue weighted by Gasteiger charge is 2.25. The molecule has 1 atom stereocenters. The second kappa shape index (κ2) is 8.44. The van der Waals surface area contributed by atoms with Gasteiger partial charge in [-0.05, 0) is 19.3 Å². The summed E-state index contributed by atoms with van der Waals surface area (Å²) in [7, 11) is 1.59. The van der Waals surface area contributed by atoms with Gasteiger partial charge in [-0.15, -0.1) is 0 Å². The van der Waals surface area contributed by atoms with E-state index < -0.39 is 0 Å². The number of rotatable bonds is 9. The van der Waals surface area contributed by atoms with Crippen molar-refractivity contribution in [1.82, 2.24) is 5.32 Å². The largest absolute Gasteiger partial charge is 0.382 e. The highest BCUT2D eigenvalue weighted by molar-refractivity contribution is 5.78. The minimum atomic E-state index is -0.351. The maximum absolute atomic E-state index is 11.6. The molecule has 102 valence electrons. The quantitative estimate of drug-likeness (QED) is 0.582. The van der Waals surface area contributed by atoms with Gasteiger partial charge in [0.25, 0.3) is 0 Å². The van der Waals surface area contributed by atoms with E-state index in [0.717, 1.165) is 6.42 Å².